The third kappa shape index (κ3) is 4.28. The number of benzene rings is 1. The number of halogens is 1. The second kappa shape index (κ2) is 7.39. The first-order valence-corrected chi connectivity index (χ1v) is 6.85. The second-order valence-corrected chi connectivity index (χ2v) is 4.45. The fraction of sp³-hybridized carbons (Fsp3) is 0.188. The van der Waals surface area contributed by atoms with Crippen molar-refractivity contribution in [3.05, 3.63) is 53.2 Å². The number of aryl methyl sites for hydroxylation is 1. The van der Waals surface area contributed by atoms with Gasteiger partial charge in [-0.25, -0.2) is 4.98 Å². The smallest absolute Gasteiger partial charge is 0.239 e. The van der Waals surface area contributed by atoms with Crippen LogP contribution in [-0.2, 0) is 6.42 Å². The van der Waals surface area contributed by atoms with Gasteiger partial charge in [-0.2, -0.15) is 14.4 Å². The largest absolute Gasteiger partial charge is 0.249 e. The van der Waals surface area contributed by atoms with Crippen LogP contribution in [-0.4, -0.2) is 15.1 Å². The molecule has 0 N–H and O–H groups in total. The third-order valence-corrected chi connectivity index (χ3v) is 2.79. The van der Waals surface area contributed by atoms with Gasteiger partial charge >= 0.3 is 0 Å². The zero-order chi connectivity index (χ0) is 15.1. The molecule has 3 nitrogen and oxygen atoms in total. The number of isothiocyanates is 1. The molecule has 0 unspecified atom stereocenters. The average Bonchev–Trinajstić information content (AvgIpc) is 2.49. The normalized spacial score (nSPS) is 9.43. The molecule has 0 saturated carbocycles. The maximum absolute atomic E-state index is 13.6. The minimum absolute atomic E-state index is 0.0176. The maximum Gasteiger partial charge on any atom is 0.249 e. The number of thiocarbonyl (C=S) groups is 1. The SMILES string of the molecule is CCCc1ccc(C#Cc2ncc(N=C=S)nc2F)cc1. The van der Waals surface area contributed by atoms with Crippen molar-refractivity contribution in [3.8, 4) is 11.8 Å². The Kier molecular flexibility index (Phi) is 5.28. The Hall–Kier alpha value is -2.41. The minimum Gasteiger partial charge on any atom is -0.239 e. The van der Waals surface area contributed by atoms with Gasteiger partial charge in [0.2, 0.25) is 5.95 Å². The van der Waals surface area contributed by atoms with E-state index in [9.17, 15) is 4.39 Å². The first-order valence-electron chi connectivity index (χ1n) is 6.44. The number of aromatic nitrogens is 2. The van der Waals surface area contributed by atoms with E-state index < -0.39 is 5.95 Å². The summed E-state index contributed by atoms with van der Waals surface area (Å²) in [6.07, 6.45) is 3.44. The van der Waals surface area contributed by atoms with Gasteiger partial charge in [-0.1, -0.05) is 31.4 Å². The van der Waals surface area contributed by atoms with Gasteiger partial charge in [0.25, 0.3) is 0 Å². The van der Waals surface area contributed by atoms with Crippen LogP contribution in [0.15, 0.2) is 35.5 Å². The van der Waals surface area contributed by atoms with E-state index in [2.05, 4.69) is 51.1 Å². The molecule has 0 aliphatic rings. The molecule has 5 heteroatoms. The molecule has 2 aromatic rings. The highest BCUT2D eigenvalue weighted by atomic mass is 32.1. The average molecular weight is 297 g/mol. The van der Waals surface area contributed by atoms with Gasteiger partial charge in [0.15, 0.2) is 11.5 Å². The maximum atomic E-state index is 13.6. The molecule has 0 spiro atoms. The molecule has 1 aromatic heterocycles. The van der Waals surface area contributed by atoms with Crippen LogP contribution in [0.1, 0.15) is 30.2 Å². The highest BCUT2D eigenvalue weighted by molar-refractivity contribution is 7.78. The van der Waals surface area contributed by atoms with E-state index in [4.69, 9.17) is 0 Å². The predicted octanol–water partition coefficient (Wildman–Crippen LogP) is 3.70. The molecule has 0 saturated heterocycles. The lowest BCUT2D eigenvalue weighted by molar-refractivity contribution is 0.573. The lowest BCUT2D eigenvalue weighted by Gasteiger charge is -1.97. The van der Waals surface area contributed by atoms with Crippen molar-refractivity contribution in [1.29, 1.82) is 0 Å². The summed E-state index contributed by atoms with van der Waals surface area (Å²) in [6.45, 7) is 2.13. The van der Waals surface area contributed by atoms with E-state index in [1.165, 1.54) is 11.8 Å². The Morgan fingerprint density at radius 3 is 2.62 bits per heavy atom. The highest BCUT2D eigenvalue weighted by Crippen LogP contribution is 2.09. The van der Waals surface area contributed by atoms with Gasteiger partial charge < -0.3 is 0 Å². The van der Waals surface area contributed by atoms with E-state index in [0.29, 0.717) is 0 Å². The molecule has 0 fully saturated rings. The molecular weight excluding hydrogens is 285 g/mol. The van der Waals surface area contributed by atoms with Gasteiger partial charge in [-0.05, 0) is 42.3 Å². The molecule has 2 rings (SSSR count). The van der Waals surface area contributed by atoms with Crippen molar-refractivity contribution < 1.29 is 4.39 Å². The van der Waals surface area contributed by atoms with E-state index in [1.807, 2.05) is 24.3 Å². The number of hydrogen-bond acceptors (Lipinski definition) is 4. The molecule has 21 heavy (non-hydrogen) atoms. The Bertz CT molecular complexity index is 738. The quantitative estimate of drug-likeness (QED) is 0.492. The predicted molar refractivity (Wildman–Crippen MR) is 83.1 cm³/mol. The Balaban J connectivity index is 2.20. The molecule has 1 aromatic carbocycles. The molecule has 0 aliphatic carbocycles. The Morgan fingerprint density at radius 1 is 1.24 bits per heavy atom. The molecule has 104 valence electrons. The summed E-state index contributed by atoms with van der Waals surface area (Å²) in [5.74, 6) is 4.84. The van der Waals surface area contributed by atoms with Crippen LogP contribution in [0.4, 0.5) is 10.2 Å². The van der Waals surface area contributed by atoms with Crippen molar-refractivity contribution in [2.24, 2.45) is 4.99 Å². The van der Waals surface area contributed by atoms with Crippen molar-refractivity contribution in [1.82, 2.24) is 9.97 Å². The van der Waals surface area contributed by atoms with Crippen LogP contribution in [0, 0.1) is 17.8 Å². The molecule has 0 bridgehead atoms. The van der Waals surface area contributed by atoms with Crippen LogP contribution < -0.4 is 0 Å². The van der Waals surface area contributed by atoms with Crippen molar-refractivity contribution in [2.75, 3.05) is 0 Å². The fourth-order valence-electron chi connectivity index (χ4n) is 1.72. The number of nitrogens with zero attached hydrogens (tertiary/aromatic N) is 3. The number of hydrogen-bond donors (Lipinski definition) is 0. The van der Waals surface area contributed by atoms with Crippen molar-refractivity contribution >= 4 is 23.2 Å². The molecule has 0 amide bonds. The number of aliphatic imine (C=N–C) groups is 1. The summed E-state index contributed by atoms with van der Waals surface area (Å²) < 4.78 is 13.6. The first-order chi connectivity index (χ1) is 10.2. The van der Waals surface area contributed by atoms with Crippen LogP contribution in [0.2, 0.25) is 0 Å². The third-order valence-electron chi connectivity index (χ3n) is 2.70. The van der Waals surface area contributed by atoms with Gasteiger partial charge in [-0.3, -0.25) is 0 Å². The van der Waals surface area contributed by atoms with Crippen LogP contribution in [0.25, 0.3) is 0 Å². The molecule has 0 atom stereocenters. The van der Waals surface area contributed by atoms with Crippen LogP contribution in [0.3, 0.4) is 0 Å². The Morgan fingerprint density at radius 2 is 2.00 bits per heavy atom. The summed E-state index contributed by atoms with van der Waals surface area (Å²) in [7, 11) is 0. The summed E-state index contributed by atoms with van der Waals surface area (Å²) in [5, 5.41) is 2.11. The monoisotopic (exact) mass is 297 g/mol. The molecule has 0 aliphatic heterocycles. The summed E-state index contributed by atoms with van der Waals surface area (Å²) in [5.41, 5.74) is 2.05. The van der Waals surface area contributed by atoms with E-state index >= 15 is 0 Å². The minimum atomic E-state index is -0.767. The fourth-order valence-corrected chi connectivity index (χ4v) is 1.81. The standard InChI is InChI=1S/C16H12FN3S/c1-2-3-12-4-6-13(7-5-12)8-9-14-16(17)20-15(10-18-14)19-11-21/h4-7,10H,2-3H2,1H3. The molecule has 0 radical (unpaired) electrons. The summed E-state index contributed by atoms with van der Waals surface area (Å²) >= 11 is 4.42. The van der Waals surface area contributed by atoms with Crippen molar-refractivity contribution in [3.63, 3.8) is 0 Å². The first kappa shape index (κ1) is 15.0. The van der Waals surface area contributed by atoms with Gasteiger partial charge in [0.1, 0.15) is 0 Å². The second-order valence-electron chi connectivity index (χ2n) is 4.27. The molecule has 1 heterocycles. The topological polar surface area (TPSA) is 38.1 Å². The van der Waals surface area contributed by atoms with Gasteiger partial charge in [-0.15, -0.1) is 0 Å². The van der Waals surface area contributed by atoms with Crippen molar-refractivity contribution in [2.45, 2.75) is 19.8 Å². The van der Waals surface area contributed by atoms with Gasteiger partial charge in [0.05, 0.1) is 11.4 Å². The van der Waals surface area contributed by atoms with Crippen LogP contribution in [0.5, 0.6) is 0 Å². The summed E-state index contributed by atoms with van der Waals surface area (Å²) in [6, 6.07) is 7.86. The van der Waals surface area contributed by atoms with E-state index in [0.717, 1.165) is 18.4 Å². The lowest BCUT2D eigenvalue weighted by atomic mass is 10.1. The van der Waals surface area contributed by atoms with E-state index in [-0.39, 0.29) is 11.5 Å². The van der Waals surface area contributed by atoms with Gasteiger partial charge in [0, 0.05) is 5.56 Å². The zero-order valence-corrected chi connectivity index (χ0v) is 12.2. The zero-order valence-electron chi connectivity index (χ0n) is 11.4. The van der Waals surface area contributed by atoms with E-state index in [1.54, 1.807) is 0 Å². The highest BCUT2D eigenvalue weighted by Gasteiger charge is 2.03. The Labute approximate surface area is 128 Å². The molecular formula is C16H12FN3S. The number of rotatable bonds is 3. The lowest BCUT2D eigenvalue weighted by Crippen LogP contribution is -1.93. The van der Waals surface area contributed by atoms with Crippen LogP contribution >= 0.6 is 12.2 Å². The summed E-state index contributed by atoms with van der Waals surface area (Å²) in [4.78, 5) is 11.0.